The number of halogens is 1. The zero-order valence-corrected chi connectivity index (χ0v) is 15.3. The number of nitrogens with zero attached hydrogens (tertiary/aromatic N) is 1. The third-order valence-electron chi connectivity index (χ3n) is 3.77. The third kappa shape index (κ3) is 3.12. The van der Waals surface area contributed by atoms with E-state index < -0.39 is 5.91 Å². The maximum absolute atomic E-state index is 12.5. The molecule has 7 heteroatoms. The lowest BCUT2D eigenvalue weighted by atomic mass is 10.0. The average molecular weight is 393 g/mol. The fourth-order valence-corrected chi connectivity index (χ4v) is 3.08. The molecule has 2 aromatic rings. The Bertz CT molecular complexity index is 830. The summed E-state index contributed by atoms with van der Waals surface area (Å²) in [6.07, 6.45) is 0. The molecular weight excluding hydrogens is 376 g/mol. The Hall–Kier alpha value is -2.41. The van der Waals surface area contributed by atoms with Crippen LogP contribution >= 0.6 is 15.9 Å². The fourth-order valence-electron chi connectivity index (χ4n) is 2.72. The van der Waals surface area contributed by atoms with E-state index in [0.29, 0.717) is 27.0 Å². The Labute approximate surface area is 147 Å². The summed E-state index contributed by atoms with van der Waals surface area (Å²) in [6, 6.07) is 4.49. The quantitative estimate of drug-likeness (QED) is 0.780. The molecule has 0 saturated heterocycles. The van der Waals surface area contributed by atoms with Crippen molar-refractivity contribution >= 4 is 33.4 Å². The van der Waals surface area contributed by atoms with E-state index in [9.17, 15) is 19.5 Å². The van der Waals surface area contributed by atoms with Gasteiger partial charge in [-0.3, -0.25) is 24.5 Å². The van der Waals surface area contributed by atoms with Crippen LogP contribution in [0.5, 0.6) is 5.75 Å². The standard InChI is InChI=1S/C17H17BrN2O4/c1-8-15(10(3)21)16(11(4)22)9(2)20(8)19-17(24)13-7-12(18)5-6-14(13)23/h5-7,23H,1-4H3,(H,19,24). The van der Waals surface area contributed by atoms with Crippen LogP contribution in [0.1, 0.15) is 56.3 Å². The number of hydrogen-bond acceptors (Lipinski definition) is 4. The van der Waals surface area contributed by atoms with E-state index in [2.05, 4.69) is 21.4 Å². The van der Waals surface area contributed by atoms with Crippen molar-refractivity contribution in [2.45, 2.75) is 27.7 Å². The number of phenols is 1. The lowest BCUT2D eigenvalue weighted by Crippen LogP contribution is -2.25. The van der Waals surface area contributed by atoms with Gasteiger partial charge in [-0.25, -0.2) is 0 Å². The summed E-state index contributed by atoms with van der Waals surface area (Å²) in [5.41, 5.74) is 4.21. The summed E-state index contributed by atoms with van der Waals surface area (Å²) in [6.45, 7) is 6.05. The molecule has 1 heterocycles. The zero-order valence-electron chi connectivity index (χ0n) is 13.7. The van der Waals surface area contributed by atoms with Gasteiger partial charge in [0.15, 0.2) is 11.6 Å². The SMILES string of the molecule is CC(=O)c1c(C(C)=O)c(C)n(NC(=O)c2cc(Br)ccc2O)c1C. The minimum Gasteiger partial charge on any atom is -0.507 e. The van der Waals surface area contributed by atoms with Crippen molar-refractivity contribution in [1.29, 1.82) is 0 Å². The van der Waals surface area contributed by atoms with Crippen LogP contribution in [-0.4, -0.2) is 27.3 Å². The molecule has 0 fully saturated rings. The van der Waals surface area contributed by atoms with E-state index in [1.807, 2.05) is 0 Å². The number of ketones is 2. The number of carbonyl (C=O) groups is 3. The second kappa shape index (κ2) is 6.60. The first kappa shape index (κ1) is 17.9. The van der Waals surface area contributed by atoms with E-state index in [1.165, 1.54) is 30.7 Å². The summed E-state index contributed by atoms with van der Waals surface area (Å²) in [5.74, 6) is -1.23. The van der Waals surface area contributed by atoms with Crippen molar-refractivity contribution in [3.05, 3.63) is 50.8 Å². The van der Waals surface area contributed by atoms with Gasteiger partial charge in [0.05, 0.1) is 16.7 Å². The van der Waals surface area contributed by atoms with Gasteiger partial charge in [-0.05, 0) is 45.9 Å². The average Bonchev–Trinajstić information content (AvgIpc) is 2.74. The predicted molar refractivity (Wildman–Crippen MR) is 93.4 cm³/mol. The number of carbonyl (C=O) groups excluding carboxylic acids is 3. The molecule has 0 radical (unpaired) electrons. The summed E-state index contributed by atoms with van der Waals surface area (Å²) < 4.78 is 2.04. The summed E-state index contributed by atoms with van der Waals surface area (Å²) >= 11 is 3.25. The normalized spacial score (nSPS) is 10.5. The lowest BCUT2D eigenvalue weighted by Gasteiger charge is -2.12. The maximum Gasteiger partial charge on any atom is 0.273 e. The molecule has 2 rings (SSSR count). The number of rotatable bonds is 4. The van der Waals surface area contributed by atoms with Crippen LogP contribution in [0.4, 0.5) is 0 Å². The van der Waals surface area contributed by atoms with E-state index in [4.69, 9.17) is 0 Å². The molecule has 0 spiro atoms. The molecule has 126 valence electrons. The Balaban J connectivity index is 2.52. The summed E-state index contributed by atoms with van der Waals surface area (Å²) in [7, 11) is 0. The molecule has 0 unspecified atom stereocenters. The van der Waals surface area contributed by atoms with Gasteiger partial charge >= 0.3 is 0 Å². The van der Waals surface area contributed by atoms with Gasteiger partial charge in [0.2, 0.25) is 0 Å². The molecular formula is C17H17BrN2O4. The Morgan fingerprint density at radius 2 is 1.54 bits per heavy atom. The highest BCUT2D eigenvalue weighted by atomic mass is 79.9. The van der Waals surface area contributed by atoms with Gasteiger partial charge in [-0.1, -0.05) is 15.9 Å². The van der Waals surface area contributed by atoms with E-state index >= 15 is 0 Å². The minimum absolute atomic E-state index is 0.0747. The first-order valence-corrected chi connectivity index (χ1v) is 7.98. The van der Waals surface area contributed by atoms with Gasteiger partial charge in [0, 0.05) is 15.9 Å². The van der Waals surface area contributed by atoms with Crippen molar-refractivity contribution in [3.8, 4) is 5.75 Å². The van der Waals surface area contributed by atoms with Crippen LogP contribution in [0.15, 0.2) is 22.7 Å². The first-order chi connectivity index (χ1) is 11.1. The van der Waals surface area contributed by atoms with Gasteiger partial charge in [0.25, 0.3) is 5.91 Å². The maximum atomic E-state index is 12.5. The second-order valence-corrected chi connectivity index (χ2v) is 6.39. The van der Waals surface area contributed by atoms with E-state index in [-0.39, 0.29) is 22.9 Å². The molecule has 0 aliphatic rings. The number of aromatic nitrogens is 1. The predicted octanol–water partition coefficient (Wildman–Crippen LogP) is 3.36. The van der Waals surface area contributed by atoms with Crippen molar-refractivity contribution in [3.63, 3.8) is 0 Å². The molecule has 0 aliphatic heterocycles. The molecule has 24 heavy (non-hydrogen) atoms. The van der Waals surface area contributed by atoms with Crippen molar-refractivity contribution < 1.29 is 19.5 Å². The number of nitrogens with one attached hydrogen (secondary N) is 1. The second-order valence-electron chi connectivity index (χ2n) is 5.47. The first-order valence-electron chi connectivity index (χ1n) is 7.18. The van der Waals surface area contributed by atoms with Crippen LogP contribution in [0, 0.1) is 13.8 Å². The van der Waals surface area contributed by atoms with Gasteiger partial charge in [-0.15, -0.1) is 0 Å². The highest BCUT2D eigenvalue weighted by Crippen LogP contribution is 2.25. The number of phenolic OH excluding ortho intramolecular Hbond substituents is 1. The van der Waals surface area contributed by atoms with Gasteiger partial charge in [0.1, 0.15) is 5.75 Å². The molecule has 0 aliphatic carbocycles. The van der Waals surface area contributed by atoms with Crippen LogP contribution in [0.3, 0.4) is 0 Å². The van der Waals surface area contributed by atoms with E-state index in [0.717, 1.165) is 0 Å². The molecule has 2 N–H and O–H groups in total. The molecule has 1 aromatic carbocycles. The van der Waals surface area contributed by atoms with Crippen LogP contribution in [-0.2, 0) is 0 Å². The number of aromatic hydroxyl groups is 1. The molecule has 1 aromatic heterocycles. The third-order valence-corrected chi connectivity index (χ3v) is 4.26. The Morgan fingerprint density at radius 1 is 1.04 bits per heavy atom. The van der Waals surface area contributed by atoms with Crippen molar-refractivity contribution in [2.75, 3.05) is 5.43 Å². The number of amides is 1. The molecule has 6 nitrogen and oxygen atoms in total. The smallest absolute Gasteiger partial charge is 0.273 e. The molecule has 0 saturated carbocycles. The number of hydrogen-bond donors (Lipinski definition) is 2. The number of Topliss-reactive ketones (excluding diaryl/α,β-unsaturated/α-hetero) is 2. The number of benzene rings is 1. The fraction of sp³-hybridized carbons (Fsp3) is 0.235. The topological polar surface area (TPSA) is 88.4 Å². The Morgan fingerprint density at radius 3 is 2.00 bits per heavy atom. The molecule has 0 bridgehead atoms. The Kier molecular flexibility index (Phi) is 4.94. The van der Waals surface area contributed by atoms with Crippen LogP contribution in [0.25, 0.3) is 0 Å². The highest BCUT2D eigenvalue weighted by molar-refractivity contribution is 9.10. The lowest BCUT2D eigenvalue weighted by molar-refractivity contribution is 0.0981. The van der Waals surface area contributed by atoms with E-state index in [1.54, 1.807) is 19.9 Å². The van der Waals surface area contributed by atoms with Crippen LogP contribution in [0.2, 0.25) is 0 Å². The van der Waals surface area contributed by atoms with Crippen molar-refractivity contribution in [2.24, 2.45) is 0 Å². The monoisotopic (exact) mass is 392 g/mol. The highest BCUT2D eigenvalue weighted by Gasteiger charge is 2.25. The largest absolute Gasteiger partial charge is 0.507 e. The summed E-state index contributed by atoms with van der Waals surface area (Å²) in [5, 5.41) is 9.86. The van der Waals surface area contributed by atoms with Crippen LogP contribution < -0.4 is 5.43 Å². The molecule has 0 atom stereocenters. The van der Waals surface area contributed by atoms with Crippen molar-refractivity contribution in [1.82, 2.24) is 4.68 Å². The summed E-state index contributed by atoms with van der Waals surface area (Å²) in [4.78, 5) is 36.2. The zero-order chi connectivity index (χ0) is 18.2. The minimum atomic E-state index is -0.555. The van der Waals surface area contributed by atoms with Gasteiger partial charge < -0.3 is 5.11 Å². The molecule has 1 amide bonds. The van der Waals surface area contributed by atoms with Gasteiger partial charge in [-0.2, -0.15) is 0 Å².